The molecule has 0 heterocycles. The first kappa shape index (κ1) is 25.0. The third-order valence-electron chi connectivity index (χ3n) is 2.57. The maximum Gasteiger partial charge on any atom is 0.473 e. The normalized spacial score (nSPS) is 14.4. The Balaban J connectivity index is 5.95. The molecule has 0 saturated carbocycles. The number of carbonyl (C=O) groups is 1. The van der Waals surface area contributed by atoms with Crippen LogP contribution in [0.2, 0.25) is 65.0 Å². The minimum atomic E-state index is -3.04. The third-order valence-corrected chi connectivity index (χ3v) is 14.9. The molecule has 0 aliphatic rings. The fraction of sp³-hybridized carbons (Fsp3) is 0.812. The molecule has 0 unspecified atom stereocenters. The van der Waals surface area contributed by atoms with Gasteiger partial charge in [-0.05, 0) is 72.8 Å². The summed E-state index contributed by atoms with van der Waals surface area (Å²) >= 11 is 0. The lowest BCUT2D eigenvalue weighted by Crippen LogP contribution is -2.62. The van der Waals surface area contributed by atoms with Crippen molar-refractivity contribution >= 4 is 39.7 Å². The topological polar surface area (TPSA) is 54.0 Å². The molecule has 0 bridgehead atoms. The monoisotopic (exact) mass is 422 g/mol. The van der Waals surface area contributed by atoms with Crippen LogP contribution in [-0.4, -0.2) is 45.3 Å². The quantitative estimate of drug-likeness (QED) is 0.282. The highest BCUT2D eigenvalue weighted by molar-refractivity contribution is 6.90. The Bertz CT molecular complexity index is 432. The molecule has 25 heavy (non-hydrogen) atoms. The van der Waals surface area contributed by atoms with E-state index in [0.29, 0.717) is 6.04 Å². The number of hydrogen-bond acceptors (Lipinski definition) is 5. The van der Waals surface area contributed by atoms with Gasteiger partial charge in [-0.15, -0.1) is 0 Å². The number of ether oxygens (including phenoxy) is 1. The highest BCUT2D eigenvalue weighted by Crippen LogP contribution is 2.34. The summed E-state index contributed by atoms with van der Waals surface area (Å²) < 4.78 is 25.4. The summed E-state index contributed by atoms with van der Waals surface area (Å²) in [7, 11) is -8.88. The zero-order valence-electron chi connectivity index (χ0n) is 18.0. The Morgan fingerprint density at radius 3 is 1.40 bits per heavy atom. The van der Waals surface area contributed by atoms with Crippen LogP contribution in [0.15, 0.2) is 12.7 Å². The first-order chi connectivity index (χ1) is 10.8. The van der Waals surface area contributed by atoms with Crippen molar-refractivity contribution in [1.82, 2.24) is 0 Å². The molecular formula is C16H38O5Si4. The highest BCUT2D eigenvalue weighted by atomic mass is 28.5. The van der Waals surface area contributed by atoms with Crippen LogP contribution in [0.3, 0.4) is 0 Å². The standard InChI is InChI=1S/C16H38O5Si4/c1-13-15(17)18-16(2,3)14-25(19-22(4,5)6,20-23(7,8)9)21-24(10,11)12/h13H,1,14H2,2-12H3. The van der Waals surface area contributed by atoms with Crippen LogP contribution in [0, 0.1) is 0 Å². The van der Waals surface area contributed by atoms with Crippen LogP contribution < -0.4 is 0 Å². The Labute approximate surface area is 158 Å². The molecule has 9 heteroatoms. The maximum absolute atomic E-state index is 11.7. The molecule has 0 aromatic carbocycles. The van der Waals surface area contributed by atoms with Gasteiger partial charge in [-0.2, -0.15) is 0 Å². The van der Waals surface area contributed by atoms with E-state index in [0.717, 1.165) is 0 Å². The fourth-order valence-corrected chi connectivity index (χ4v) is 17.2. The van der Waals surface area contributed by atoms with Gasteiger partial charge in [0, 0.05) is 6.08 Å². The van der Waals surface area contributed by atoms with E-state index in [1.54, 1.807) is 0 Å². The average molecular weight is 423 g/mol. The van der Waals surface area contributed by atoms with Crippen molar-refractivity contribution < 1.29 is 21.9 Å². The number of carbonyl (C=O) groups excluding carboxylic acids is 1. The lowest BCUT2D eigenvalue weighted by atomic mass is 10.2. The predicted molar refractivity (Wildman–Crippen MR) is 114 cm³/mol. The number of rotatable bonds is 10. The van der Waals surface area contributed by atoms with E-state index in [9.17, 15) is 4.79 Å². The van der Waals surface area contributed by atoms with Crippen LogP contribution in [0.4, 0.5) is 0 Å². The van der Waals surface area contributed by atoms with Crippen molar-refractivity contribution in [2.75, 3.05) is 0 Å². The summed E-state index contributed by atoms with van der Waals surface area (Å²) in [6, 6.07) is 0.443. The highest BCUT2D eigenvalue weighted by Gasteiger charge is 2.53. The Kier molecular flexibility index (Phi) is 8.31. The van der Waals surface area contributed by atoms with Crippen molar-refractivity contribution in [3.05, 3.63) is 12.7 Å². The van der Waals surface area contributed by atoms with E-state index in [-0.39, 0.29) is 0 Å². The summed E-state index contributed by atoms with van der Waals surface area (Å²) in [5.74, 6) is -0.443. The van der Waals surface area contributed by atoms with Gasteiger partial charge in [0.05, 0.1) is 6.04 Å². The molecule has 0 aliphatic carbocycles. The smallest absolute Gasteiger partial charge is 0.457 e. The van der Waals surface area contributed by atoms with Gasteiger partial charge in [0.25, 0.3) is 0 Å². The van der Waals surface area contributed by atoms with Gasteiger partial charge in [-0.3, -0.25) is 0 Å². The van der Waals surface area contributed by atoms with Crippen molar-refractivity contribution in [2.24, 2.45) is 0 Å². The van der Waals surface area contributed by atoms with Crippen LogP contribution in [0.1, 0.15) is 13.8 Å². The summed E-state index contributed by atoms with van der Waals surface area (Å²) in [5.41, 5.74) is -0.754. The average Bonchev–Trinajstić information content (AvgIpc) is 2.17. The minimum Gasteiger partial charge on any atom is -0.457 e. The number of esters is 1. The summed E-state index contributed by atoms with van der Waals surface area (Å²) in [6.45, 7) is 26.5. The molecule has 0 rings (SSSR count). The molecule has 0 spiro atoms. The van der Waals surface area contributed by atoms with Gasteiger partial charge in [-0.25, -0.2) is 4.79 Å². The predicted octanol–water partition coefficient (Wildman–Crippen LogP) is 4.99. The van der Waals surface area contributed by atoms with E-state index in [1.165, 1.54) is 6.08 Å². The number of hydrogen-bond donors (Lipinski definition) is 0. The van der Waals surface area contributed by atoms with Crippen LogP contribution >= 0.6 is 0 Å². The van der Waals surface area contributed by atoms with E-state index >= 15 is 0 Å². The Morgan fingerprint density at radius 1 is 0.840 bits per heavy atom. The first-order valence-corrected chi connectivity index (χ1v) is 20.9. The molecule has 0 aromatic rings. The van der Waals surface area contributed by atoms with E-state index in [4.69, 9.17) is 17.1 Å². The second-order valence-corrected chi connectivity index (χ2v) is 26.7. The molecule has 0 aromatic heterocycles. The summed E-state index contributed by atoms with van der Waals surface area (Å²) in [6.07, 6.45) is 1.18. The van der Waals surface area contributed by atoms with Gasteiger partial charge in [0.2, 0.25) is 0 Å². The van der Waals surface area contributed by atoms with Crippen molar-refractivity contribution in [2.45, 2.75) is 84.4 Å². The van der Waals surface area contributed by atoms with Crippen molar-refractivity contribution in [3.63, 3.8) is 0 Å². The molecule has 0 saturated heterocycles. The summed E-state index contributed by atoms with van der Waals surface area (Å²) in [5, 5.41) is 0. The van der Waals surface area contributed by atoms with Crippen LogP contribution in [-0.2, 0) is 21.9 Å². The molecule has 0 aliphatic heterocycles. The zero-order valence-corrected chi connectivity index (χ0v) is 22.0. The van der Waals surface area contributed by atoms with E-state index in [2.05, 4.69) is 65.5 Å². The summed E-state index contributed by atoms with van der Waals surface area (Å²) in [4.78, 5) is 11.7. The third kappa shape index (κ3) is 12.1. The van der Waals surface area contributed by atoms with E-state index in [1.807, 2.05) is 13.8 Å². The minimum absolute atomic E-state index is 0.443. The van der Waals surface area contributed by atoms with Gasteiger partial charge >= 0.3 is 14.8 Å². The molecule has 148 valence electrons. The molecule has 0 fully saturated rings. The SMILES string of the molecule is C=CC(=O)OC(C)(C)C[Si](O[Si](C)(C)C)(O[Si](C)(C)C)O[Si](C)(C)C. The van der Waals surface area contributed by atoms with Crippen molar-refractivity contribution in [3.8, 4) is 0 Å². The van der Waals surface area contributed by atoms with Gasteiger partial charge < -0.3 is 17.1 Å². The lowest BCUT2D eigenvalue weighted by Gasteiger charge is -2.45. The fourth-order valence-electron chi connectivity index (χ4n) is 2.44. The van der Waals surface area contributed by atoms with Gasteiger partial charge in [0.1, 0.15) is 5.60 Å². The largest absolute Gasteiger partial charge is 0.473 e. The molecule has 0 atom stereocenters. The zero-order chi connectivity index (χ0) is 20.3. The molecule has 0 N–H and O–H groups in total. The molecular weight excluding hydrogens is 385 g/mol. The van der Waals surface area contributed by atoms with Gasteiger partial charge in [0.15, 0.2) is 25.0 Å². The Morgan fingerprint density at radius 2 is 1.16 bits per heavy atom. The molecule has 0 radical (unpaired) electrons. The molecule has 0 amide bonds. The van der Waals surface area contributed by atoms with Crippen molar-refractivity contribution in [1.29, 1.82) is 0 Å². The molecule has 5 nitrogen and oxygen atoms in total. The maximum atomic E-state index is 11.7. The second-order valence-electron chi connectivity index (χ2n) is 9.89. The van der Waals surface area contributed by atoms with Crippen LogP contribution in [0.25, 0.3) is 0 Å². The first-order valence-electron chi connectivity index (χ1n) is 8.74. The second kappa shape index (κ2) is 8.32. The Hall–Kier alpha value is -0.0425. The van der Waals surface area contributed by atoms with E-state index < -0.39 is 45.3 Å². The van der Waals surface area contributed by atoms with Crippen LogP contribution in [0.5, 0.6) is 0 Å². The lowest BCUT2D eigenvalue weighted by molar-refractivity contribution is -0.148. The van der Waals surface area contributed by atoms with Gasteiger partial charge in [-0.1, -0.05) is 6.58 Å².